The van der Waals surface area contributed by atoms with Gasteiger partial charge in [0.25, 0.3) is 0 Å². The lowest BCUT2D eigenvalue weighted by Gasteiger charge is -2.12. The van der Waals surface area contributed by atoms with Gasteiger partial charge in [0, 0.05) is 26.9 Å². The minimum atomic E-state index is -0.609. The van der Waals surface area contributed by atoms with Gasteiger partial charge < -0.3 is 10.8 Å². The molecule has 0 amide bonds. The zero-order chi connectivity index (χ0) is 13.0. The van der Waals surface area contributed by atoms with Crippen LogP contribution in [0.2, 0.25) is 0 Å². The summed E-state index contributed by atoms with van der Waals surface area (Å²) in [5.74, 6) is 0.937. The van der Waals surface area contributed by atoms with Gasteiger partial charge in [-0.3, -0.25) is 0 Å². The number of aliphatic hydroxyl groups is 1. The smallest absolute Gasteiger partial charge is 0.129 e. The minimum Gasteiger partial charge on any atom is -0.387 e. The second-order valence-corrected chi connectivity index (χ2v) is 5.77. The summed E-state index contributed by atoms with van der Waals surface area (Å²) in [5.41, 5.74) is 6.41. The first kappa shape index (κ1) is 13.4. The minimum absolute atomic E-state index is 0.389. The normalized spacial score (nSPS) is 12.3. The lowest BCUT2D eigenvalue weighted by Crippen LogP contribution is -2.05. The van der Waals surface area contributed by atoms with E-state index in [1.54, 1.807) is 30.1 Å². The molecule has 5 heteroatoms. The molecule has 0 bridgehead atoms. The Morgan fingerprint density at radius 1 is 1.33 bits per heavy atom. The number of aliphatic hydroxyl groups excluding tert-OH is 1. The molecule has 1 heterocycles. The van der Waals surface area contributed by atoms with Gasteiger partial charge in [-0.25, -0.2) is 4.98 Å². The van der Waals surface area contributed by atoms with Gasteiger partial charge in [-0.15, -0.1) is 11.8 Å². The van der Waals surface area contributed by atoms with E-state index >= 15 is 0 Å². The molecule has 1 unspecified atom stereocenters. The van der Waals surface area contributed by atoms with E-state index in [-0.39, 0.29) is 0 Å². The van der Waals surface area contributed by atoms with Crippen LogP contribution in [0.15, 0.2) is 52.0 Å². The molecule has 0 aliphatic rings. The van der Waals surface area contributed by atoms with E-state index in [0.717, 1.165) is 9.37 Å². The van der Waals surface area contributed by atoms with Gasteiger partial charge in [-0.05, 0) is 24.3 Å². The van der Waals surface area contributed by atoms with Crippen LogP contribution in [0.4, 0.5) is 5.82 Å². The molecule has 1 aromatic carbocycles. The lowest BCUT2D eigenvalue weighted by molar-refractivity contribution is 0.204. The van der Waals surface area contributed by atoms with Crippen molar-refractivity contribution in [1.29, 1.82) is 0 Å². The van der Waals surface area contributed by atoms with Crippen molar-refractivity contribution in [1.82, 2.24) is 4.98 Å². The summed E-state index contributed by atoms with van der Waals surface area (Å²) < 4.78 is 1.03. The van der Waals surface area contributed by atoms with Crippen molar-refractivity contribution in [3.05, 3.63) is 52.6 Å². The fourth-order valence-electron chi connectivity index (χ4n) is 1.53. The Labute approximate surface area is 119 Å². The first-order valence-electron chi connectivity index (χ1n) is 5.43. The van der Waals surface area contributed by atoms with Gasteiger partial charge in [-0.2, -0.15) is 0 Å². The van der Waals surface area contributed by atoms with Crippen LogP contribution in [0.3, 0.4) is 0 Å². The Morgan fingerprint density at radius 3 is 2.89 bits per heavy atom. The molecule has 0 radical (unpaired) electrons. The molecule has 3 nitrogen and oxygen atoms in total. The number of nitrogens with zero attached hydrogens (tertiary/aromatic N) is 1. The van der Waals surface area contributed by atoms with Gasteiger partial charge in [0.05, 0.1) is 6.10 Å². The monoisotopic (exact) mass is 324 g/mol. The Balaban J connectivity index is 2.00. The van der Waals surface area contributed by atoms with Crippen LogP contribution in [0, 0.1) is 0 Å². The number of thioether (sulfide) groups is 1. The summed E-state index contributed by atoms with van der Waals surface area (Å²) in [7, 11) is 0. The van der Waals surface area contributed by atoms with E-state index in [0.29, 0.717) is 17.1 Å². The summed E-state index contributed by atoms with van der Waals surface area (Å²) >= 11 is 5.00. The molecule has 0 saturated carbocycles. The van der Waals surface area contributed by atoms with Crippen molar-refractivity contribution in [2.45, 2.75) is 11.0 Å². The molecule has 2 aromatic rings. The topological polar surface area (TPSA) is 59.1 Å². The van der Waals surface area contributed by atoms with E-state index in [1.807, 2.05) is 24.3 Å². The first-order chi connectivity index (χ1) is 8.66. The molecule has 0 saturated heterocycles. The number of anilines is 1. The molecule has 0 spiro atoms. The molecular formula is C13H13BrN2OS. The standard InChI is InChI=1S/C13H13BrN2OS/c14-9-3-1-4-10(7-9)18-8-12(17)11-5-2-6-16-13(11)15/h1-7,12,17H,8H2,(H2,15,16). The fraction of sp³-hybridized carbons (Fsp3) is 0.154. The number of halogens is 1. The van der Waals surface area contributed by atoms with Crippen molar-refractivity contribution in [2.24, 2.45) is 0 Å². The molecule has 2 rings (SSSR count). The van der Waals surface area contributed by atoms with Crippen LogP contribution >= 0.6 is 27.7 Å². The number of pyridine rings is 1. The van der Waals surface area contributed by atoms with Crippen LogP contribution in [-0.4, -0.2) is 15.8 Å². The molecule has 0 aliphatic carbocycles. The predicted octanol–water partition coefficient (Wildman–Crippen LogP) is 3.25. The highest BCUT2D eigenvalue weighted by Gasteiger charge is 2.11. The van der Waals surface area contributed by atoms with Gasteiger partial charge in [0.2, 0.25) is 0 Å². The SMILES string of the molecule is Nc1ncccc1C(O)CSc1cccc(Br)c1. The van der Waals surface area contributed by atoms with Crippen LogP contribution in [0.1, 0.15) is 11.7 Å². The fourth-order valence-corrected chi connectivity index (χ4v) is 3.00. The maximum Gasteiger partial charge on any atom is 0.129 e. The highest BCUT2D eigenvalue weighted by Crippen LogP contribution is 2.28. The number of nitrogen functional groups attached to an aromatic ring is 1. The quantitative estimate of drug-likeness (QED) is 0.847. The van der Waals surface area contributed by atoms with Crippen molar-refractivity contribution in [2.75, 3.05) is 11.5 Å². The van der Waals surface area contributed by atoms with E-state index in [2.05, 4.69) is 20.9 Å². The largest absolute Gasteiger partial charge is 0.387 e. The molecule has 18 heavy (non-hydrogen) atoms. The maximum absolute atomic E-state index is 10.1. The summed E-state index contributed by atoms with van der Waals surface area (Å²) in [6.45, 7) is 0. The third kappa shape index (κ3) is 3.48. The Kier molecular flexibility index (Phi) is 4.63. The lowest BCUT2D eigenvalue weighted by atomic mass is 10.2. The number of rotatable bonds is 4. The van der Waals surface area contributed by atoms with Crippen LogP contribution in [0.5, 0.6) is 0 Å². The van der Waals surface area contributed by atoms with Crippen LogP contribution in [-0.2, 0) is 0 Å². The van der Waals surface area contributed by atoms with Crippen LogP contribution in [0.25, 0.3) is 0 Å². The maximum atomic E-state index is 10.1. The van der Waals surface area contributed by atoms with E-state index < -0.39 is 6.10 Å². The Hall–Kier alpha value is -1.04. The van der Waals surface area contributed by atoms with Crippen molar-refractivity contribution in [3.63, 3.8) is 0 Å². The highest BCUT2D eigenvalue weighted by molar-refractivity contribution is 9.10. The number of hydrogen-bond donors (Lipinski definition) is 2. The van der Waals surface area contributed by atoms with Crippen molar-refractivity contribution >= 4 is 33.5 Å². The molecular weight excluding hydrogens is 312 g/mol. The van der Waals surface area contributed by atoms with Crippen molar-refractivity contribution < 1.29 is 5.11 Å². The second-order valence-electron chi connectivity index (χ2n) is 3.76. The molecule has 3 N–H and O–H groups in total. The summed E-state index contributed by atoms with van der Waals surface area (Å²) in [5, 5.41) is 10.1. The Bertz CT molecular complexity index is 536. The first-order valence-corrected chi connectivity index (χ1v) is 7.21. The molecule has 0 aliphatic heterocycles. The molecule has 1 aromatic heterocycles. The summed E-state index contributed by atoms with van der Waals surface area (Å²) in [6.07, 6.45) is 1.01. The number of nitrogens with two attached hydrogens (primary N) is 1. The van der Waals surface area contributed by atoms with Gasteiger partial charge in [0.1, 0.15) is 5.82 Å². The van der Waals surface area contributed by atoms with Gasteiger partial charge in [-0.1, -0.05) is 28.1 Å². The van der Waals surface area contributed by atoms with Gasteiger partial charge in [0.15, 0.2) is 0 Å². The van der Waals surface area contributed by atoms with Crippen molar-refractivity contribution in [3.8, 4) is 0 Å². The number of aromatic nitrogens is 1. The van der Waals surface area contributed by atoms with E-state index in [9.17, 15) is 5.11 Å². The molecule has 0 fully saturated rings. The zero-order valence-electron chi connectivity index (χ0n) is 9.58. The van der Waals surface area contributed by atoms with Gasteiger partial charge >= 0.3 is 0 Å². The Morgan fingerprint density at radius 2 is 2.17 bits per heavy atom. The number of hydrogen-bond acceptors (Lipinski definition) is 4. The summed E-state index contributed by atoms with van der Waals surface area (Å²) in [6, 6.07) is 11.5. The van der Waals surface area contributed by atoms with E-state index in [4.69, 9.17) is 5.73 Å². The summed E-state index contributed by atoms with van der Waals surface area (Å²) in [4.78, 5) is 5.07. The second kappa shape index (κ2) is 6.22. The molecule has 94 valence electrons. The van der Waals surface area contributed by atoms with Crippen LogP contribution < -0.4 is 5.73 Å². The highest BCUT2D eigenvalue weighted by atomic mass is 79.9. The average Bonchev–Trinajstić information content (AvgIpc) is 2.37. The molecule has 1 atom stereocenters. The third-order valence-electron chi connectivity index (χ3n) is 2.43. The average molecular weight is 325 g/mol. The third-order valence-corrected chi connectivity index (χ3v) is 4.00. The predicted molar refractivity (Wildman–Crippen MR) is 78.5 cm³/mol. The zero-order valence-corrected chi connectivity index (χ0v) is 12.0. The van der Waals surface area contributed by atoms with E-state index in [1.165, 1.54) is 0 Å². The number of benzene rings is 1.